The molecule has 1 unspecified atom stereocenters. The number of hydrazine groups is 1. The molecule has 0 aliphatic heterocycles. The molecule has 0 saturated carbocycles. The molecule has 10 heterocycles. The van der Waals surface area contributed by atoms with Gasteiger partial charge in [0, 0.05) is 182 Å². The van der Waals surface area contributed by atoms with Crippen molar-refractivity contribution in [1.82, 2.24) is 80.9 Å². The minimum absolute atomic E-state index is 0. The number of aromatic amines is 5. The quantitative estimate of drug-likeness (QED) is 0.00879. The number of Topliss-reactive ketones (excluding diaryl/α,β-unsaturated/α-hetero) is 5. The largest absolute Gasteiger partial charge is 0.373 e. The van der Waals surface area contributed by atoms with Gasteiger partial charge >= 0.3 is 0 Å². The topological polar surface area (TPSA) is 400 Å². The molecule has 14 N–H and O–H groups in total. The number of carbonyl (C=O) groups is 8. The number of hydrogen-bond donors (Lipinski definition) is 12. The number of rotatable bonds is 24. The van der Waals surface area contributed by atoms with E-state index in [1.165, 1.54) is 23.5 Å². The number of halogens is 11. The van der Waals surface area contributed by atoms with Crippen LogP contribution >= 0.6 is 144 Å². The van der Waals surface area contributed by atoms with Gasteiger partial charge in [0.25, 0.3) is 25.3 Å². The Balaban J connectivity index is 0.000000254. The lowest BCUT2D eigenvalue weighted by Gasteiger charge is -2.32. The van der Waals surface area contributed by atoms with Crippen molar-refractivity contribution < 1.29 is 38.4 Å². The average Bonchev–Trinajstić information content (AvgIpc) is 1.60. The summed E-state index contributed by atoms with van der Waals surface area (Å²) in [6.07, 6.45) is 21.8. The molecule has 1 atom stereocenters. The molecule has 14 aromatic rings. The van der Waals surface area contributed by atoms with Crippen molar-refractivity contribution in [2.75, 3.05) is 19.4 Å². The number of hydrogen-bond acceptors (Lipinski definition) is 17. The van der Waals surface area contributed by atoms with Crippen LogP contribution in [0.2, 0.25) is 20.1 Å². The summed E-state index contributed by atoms with van der Waals surface area (Å²) < 4.78 is -1.96. The van der Waals surface area contributed by atoms with E-state index in [1.54, 1.807) is 154 Å². The second kappa shape index (κ2) is 54.5. The van der Waals surface area contributed by atoms with Gasteiger partial charge in [0.05, 0.1) is 22.5 Å². The monoisotopic (exact) mass is 2120 g/mol. The Kier molecular flexibility index (Phi) is 45.5. The van der Waals surface area contributed by atoms with Crippen molar-refractivity contribution in [2.45, 2.75) is 119 Å². The van der Waals surface area contributed by atoms with E-state index in [9.17, 15) is 38.4 Å². The Bertz CT molecular complexity index is 6240. The number of nitrogens with two attached hydrogens (primary N) is 2. The summed E-state index contributed by atoms with van der Waals surface area (Å²) >= 11 is 65.0. The maximum absolute atomic E-state index is 12.7. The van der Waals surface area contributed by atoms with Crippen molar-refractivity contribution in [3.63, 3.8) is 0 Å². The van der Waals surface area contributed by atoms with Gasteiger partial charge in [0.15, 0.2) is 22.5 Å². The van der Waals surface area contributed by atoms with E-state index in [2.05, 4.69) is 108 Å². The maximum atomic E-state index is 12.7. The maximum Gasteiger partial charge on any atom is 0.267 e. The molecule has 0 fully saturated rings. The van der Waals surface area contributed by atoms with Gasteiger partial charge in [0.1, 0.15) is 33.4 Å². The van der Waals surface area contributed by atoms with Crippen molar-refractivity contribution >= 4 is 202 Å². The van der Waals surface area contributed by atoms with Crippen molar-refractivity contribution in [3.05, 3.63) is 367 Å². The van der Waals surface area contributed by atoms with Crippen molar-refractivity contribution in [3.8, 4) is 22.4 Å². The molecule has 0 saturated heterocycles. The number of amides is 3. The fourth-order valence-corrected chi connectivity index (χ4v) is 14.1. The highest BCUT2D eigenvalue weighted by atomic mass is 79.9. The van der Waals surface area contributed by atoms with Crippen LogP contribution in [0.3, 0.4) is 0 Å². The minimum Gasteiger partial charge on any atom is -0.373 e. The van der Waals surface area contributed by atoms with Crippen molar-refractivity contribution in [2.24, 2.45) is 11.6 Å². The fraction of sp³-hybridized carbons (Fsp3) is 0.216. The lowest BCUT2D eigenvalue weighted by atomic mass is 10.0. The summed E-state index contributed by atoms with van der Waals surface area (Å²) in [5.41, 5.74) is 17.5. The van der Waals surface area contributed by atoms with Gasteiger partial charge in [-0.05, 0) is 232 Å². The first kappa shape index (κ1) is 113. The number of pyridine rings is 4. The van der Waals surface area contributed by atoms with Crippen LogP contribution in [-0.4, -0.2) is 139 Å². The number of thiocarbonyl (C=S) groups is 1. The molecule has 0 aliphatic carbocycles. The first-order valence-corrected chi connectivity index (χ1v) is 45.7. The minimum atomic E-state index is -2.06. The standard InChI is InChI=1S/C25H27ClN6O.C19H15BrClN3O2.C19H16ClN3O2.C14H9Cl4NO2.C6H4Cl3NO.C6H15N3S.C6H8N2.2CH4/c1-25(2,3)32-23(27-4)21(17-6-5-7-19(26)12-17)22(31-32)18-13-20(29-15-18)24(33)30-14-16-8-10-28-11-9-16;20-17(13-2-1-3-15(21)8-13)18(25)14-9-16(23-11-14)19(26)24-10-12-4-6-22-7-5-12;20-16-3-1-2-14(8-16)9-18(24)15-10-17(22-12-15)19(25)23-11-13-4-6-21-7-5-13;15-10-3-1-2-8(4-10)5-12(20)9-6-11(19-7-9)13(21)14(16,17)18;7-6(8,9)5(11)4-2-1-3-10-4;1-6(2,3)9(7)5(10)8-4;7-5-6-1-3-8-4-2-6;;/h5-13,15,27,29H,14H2,1-4H3,(H,30,33);1-9,11,17,23H,10H2,(H,24,26);1-8,10,12,22H,9,11H2,(H,23,25);1-4,6-7,19H,5H2;1-3,10H;7H2,1-4H3,(H,8,10);1-4H,5,7H2;2*1H4. The first-order valence-electron chi connectivity index (χ1n) is 40.6. The average molecular weight is 2130 g/mol. The Labute approximate surface area is 852 Å². The Morgan fingerprint density at radius 2 is 0.846 bits per heavy atom. The number of anilines is 1. The number of aromatic nitrogens is 11. The third kappa shape index (κ3) is 36.0. The number of nitrogens with one attached hydrogen (secondary N) is 10. The molecular formula is C97H102BrCl10N19O8S. The van der Waals surface area contributed by atoms with E-state index in [1.807, 2.05) is 130 Å². The summed E-state index contributed by atoms with van der Waals surface area (Å²) in [7, 11) is 3.64. The van der Waals surface area contributed by atoms with E-state index in [4.69, 9.17) is 145 Å². The normalized spacial score (nSPS) is 11.0. The van der Waals surface area contributed by atoms with Gasteiger partial charge < -0.3 is 57.2 Å². The van der Waals surface area contributed by atoms with Crippen LogP contribution in [0, 0.1) is 0 Å². The molecule has 27 nitrogen and oxygen atoms in total. The molecule has 10 aromatic heterocycles. The van der Waals surface area contributed by atoms with Crippen LogP contribution in [0.15, 0.2) is 263 Å². The van der Waals surface area contributed by atoms with Crippen LogP contribution in [0.25, 0.3) is 22.4 Å². The summed E-state index contributed by atoms with van der Waals surface area (Å²) in [5.74, 6) is 4.11. The van der Waals surface area contributed by atoms with Crippen LogP contribution in [0.4, 0.5) is 5.82 Å². The van der Waals surface area contributed by atoms with E-state index >= 15 is 0 Å². The van der Waals surface area contributed by atoms with Crippen LogP contribution < -0.4 is 38.2 Å². The number of H-pyrrole nitrogens is 5. The molecule has 3 amide bonds. The molecule has 0 aliphatic rings. The highest BCUT2D eigenvalue weighted by Gasteiger charge is 2.35. The molecule has 0 radical (unpaired) electrons. The second-order valence-electron chi connectivity index (χ2n) is 30.9. The molecule has 0 bridgehead atoms. The number of carbonyl (C=O) groups excluding carboxylic acids is 8. The smallest absolute Gasteiger partial charge is 0.267 e. The van der Waals surface area contributed by atoms with Gasteiger partial charge in [-0.15, -0.1) is 0 Å². The van der Waals surface area contributed by atoms with E-state index in [0.29, 0.717) is 90.8 Å². The highest BCUT2D eigenvalue weighted by Crippen LogP contribution is 2.42. The number of ketones is 5. The summed E-state index contributed by atoms with van der Waals surface area (Å²) in [6.45, 7) is 14.1. The SMILES string of the molecule is C.C.CNC(=S)N(N)C(C)(C)C.CNc1c(-c2cccc(Cl)c2)c(-c2c[nH]c(C(=O)NCc3ccncc3)c2)nn1C(C)(C)C.NCc1ccncc1.O=C(Cc1cccc(Cl)c1)c1c[nH]c(C(=O)C(Cl)(Cl)Cl)c1.O=C(Cc1cccc(Cl)c1)c1c[nH]c(C(=O)NCc2ccncc2)c1.O=C(NCc1ccncc1)c1cc(C(=O)C(Br)c2cccc(Cl)c2)c[nH]1.O=C(c1ccc[nH]1)C(Cl)(Cl)Cl. The zero-order chi connectivity index (χ0) is 98.0. The lowest BCUT2D eigenvalue weighted by Crippen LogP contribution is -2.53. The number of alkyl halides is 7. The van der Waals surface area contributed by atoms with Gasteiger partial charge in [-0.3, -0.25) is 63.3 Å². The predicted molar refractivity (Wildman–Crippen MR) is 555 cm³/mol. The number of nitrogens with zero attached hydrogens (tertiary/aromatic N) is 7. The Hall–Kier alpha value is -11.4. The van der Waals surface area contributed by atoms with Gasteiger partial charge in [-0.25, -0.2) is 10.5 Å². The van der Waals surface area contributed by atoms with E-state index in [-0.39, 0.29) is 79.5 Å². The molecule has 136 heavy (non-hydrogen) atoms. The van der Waals surface area contributed by atoms with Crippen LogP contribution in [0.1, 0.15) is 184 Å². The summed E-state index contributed by atoms with van der Waals surface area (Å²) in [4.78, 5) is 126. The Morgan fingerprint density at radius 3 is 1.23 bits per heavy atom. The zero-order valence-corrected chi connectivity index (χ0v) is 83.2. The first-order chi connectivity index (χ1) is 63.5. The Morgan fingerprint density at radius 1 is 0.456 bits per heavy atom. The van der Waals surface area contributed by atoms with Gasteiger partial charge in [0.2, 0.25) is 11.6 Å². The van der Waals surface area contributed by atoms with Crippen LogP contribution in [0.5, 0.6) is 0 Å². The third-order valence-corrected chi connectivity index (χ3v) is 22.1. The second-order valence-corrected chi connectivity index (χ2v) is 38.5. The van der Waals surface area contributed by atoms with Crippen molar-refractivity contribution in [1.29, 1.82) is 0 Å². The molecule has 0 spiro atoms. The molecule has 14 rings (SSSR count). The molecule has 39 heteroatoms. The summed E-state index contributed by atoms with van der Waals surface area (Å²) in [6, 6.07) is 53.3. The summed E-state index contributed by atoms with van der Waals surface area (Å²) in [5, 5.41) is 24.0. The number of benzene rings is 4. The van der Waals surface area contributed by atoms with Gasteiger partial charge in [-0.2, -0.15) is 5.10 Å². The van der Waals surface area contributed by atoms with E-state index in [0.717, 1.165) is 67.1 Å². The molecule has 716 valence electrons. The zero-order valence-electron chi connectivity index (χ0n) is 73.3. The fourth-order valence-electron chi connectivity index (χ4n) is 11.8. The lowest BCUT2D eigenvalue weighted by molar-refractivity contribution is 0.0938. The molecule has 4 aromatic carbocycles. The van der Waals surface area contributed by atoms with E-state index < -0.39 is 24.0 Å². The van der Waals surface area contributed by atoms with Gasteiger partial charge in [-0.1, -0.05) is 195 Å². The highest BCUT2D eigenvalue weighted by molar-refractivity contribution is 9.09. The third-order valence-electron chi connectivity index (χ3n) is 18.8. The molecular weight excluding hydrogens is 2030 g/mol. The predicted octanol–water partition coefficient (Wildman–Crippen LogP) is 22.5. The van der Waals surface area contributed by atoms with Crippen LogP contribution in [-0.2, 0) is 44.6 Å².